The van der Waals surface area contributed by atoms with Gasteiger partial charge in [-0.25, -0.2) is 4.79 Å². The van der Waals surface area contributed by atoms with Gasteiger partial charge in [-0.05, 0) is 112 Å². The van der Waals surface area contributed by atoms with Gasteiger partial charge in [-0.15, -0.1) is 0 Å². The molecule has 4 aliphatic rings. The van der Waals surface area contributed by atoms with Crippen molar-refractivity contribution in [3.8, 4) is 0 Å². The molecule has 380 valence electrons. The van der Waals surface area contributed by atoms with Crippen molar-refractivity contribution in [3.05, 3.63) is 58.0 Å². The molecule has 1 amide bonds. The quantitative estimate of drug-likeness (QED) is 0.0324. The number of piperidine rings is 1. The van der Waals surface area contributed by atoms with E-state index in [0.717, 1.165) is 12.0 Å². The molecule has 0 aromatic carbocycles. The molecule has 68 heavy (non-hydrogen) atoms. The van der Waals surface area contributed by atoms with Crippen LogP contribution in [-0.2, 0) is 42.9 Å². The molecule has 3 N–H and O–H groups in total. The minimum absolute atomic E-state index is 0.0135. The predicted molar refractivity (Wildman–Crippen MR) is 256 cm³/mol. The Kier molecular flexibility index (Phi) is 22.1. The van der Waals surface area contributed by atoms with E-state index in [1.165, 1.54) is 12.0 Å². The Labute approximate surface area is 403 Å². The SMILES string of the molecule is CO[C@H]1C[C@@H]2CC[C@@H](C)[C@@](O)(O2)C(=O)C(=O)N2CCCC[C@H]2C(=O)O[C@H]([C@H](C)C[C@@H]2CC[C@H](N=[N+]=[N-])[C@H](OC)C2)CC(=NO)[C@H](C)/C=C(\C)[C@@H](O)[C@@H](OC)C(=O)[C@H](C)C[C@H](C)/C=C/C=C/C=C/1C. The molecule has 3 aliphatic heterocycles. The molecule has 2 saturated heterocycles. The third kappa shape index (κ3) is 14.7. The van der Waals surface area contributed by atoms with Crippen molar-refractivity contribution in [2.45, 2.75) is 180 Å². The van der Waals surface area contributed by atoms with Crippen molar-refractivity contribution in [3.63, 3.8) is 0 Å². The summed E-state index contributed by atoms with van der Waals surface area (Å²) in [7, 11) is 4.54. The highest BCUT2D eigenvalue weighted by Gasteiger charge is 2.53. The number of azide groups is 1. The number of ketones is 2. The number of ether oxygens (including phenoxy) is 5. The number of amides is 1. The van der Waals surface area contributed by atoms with Gasteiger partial charge >= 0.3 is 5.97 Å². The normalized spacial score (nSPS) is 39.6. The summed E-state index contributed by atoms with van der Waals surface area (Å²) in [6, 6.07) is -1.45. The standard InChI is InChI=1S/C51H79N5O12/c1-30-16-12-11-13-17-31(2)42(64-8)28-38-21-19-36(7)51(62,68-38)48(59)49(60)56-23-15-14-18-41(56)50(61)67-43(33(4)26-37-20-22-39(53-55-52)44(27-37)65-9)29-40(54-63)32(3)25-35(6)46(58)47(66-10)45(57)34(5)24-30/h11-13,16-17,25,30,32-34,36-39,41-44,46-47,58,62-63H,14-15,18-24,26-29H2,1-10H3/b13-11+,16-12+,31-17+,35-25+,54-40?/t30-,32-,33-,34-,36-,37+,38+,39+,41+,42+,43+,44-,46-,47+,51-/m1/s1. The number of hydrogen-bond donors (Lipinski definition) is 3. The van der Waals surface area contributed by atoms with Crippen LogP contribution >= 0.6 is 0 Å². The van der Waals surface area contributed by atoms with Crippen LogP contribution in [0.1, 0.15) is 126 Å². The summed E-state index contributed by atoms with van der Waals surface area (Å²) in [4.78, 5) is 61.1. The van der Waals surface area contributed by atoms with Crippen molar-refractivity contribution < 1.29 is 58.3 Å². The fourth-order valence-corrected chi connectivity index (χ4v) is 10.5. The summed E-state index contributed by atoms with van der Waals surface area (Å²) < 4.78 is 29.7. The Bertz CT molecular complexity index is 1930. The molecule has 17 heteroatoms. The molecule has 1 saturated carbocycles. The number of allylic oxidation sites excluding steroid dienone is 6. The molecular formula is C51H79N5O12. The van der Waals surface area contributed by atoms with Gasteiger partial charge in [0.1, 0.15) is 24.4 Å². The molecule has 4 rings (SSSR count). The summed E-state index contributed by atoms with van der Waals surface area (Å²) in [5, 5.41) is 41.6. The maximum Gasteiger partial charge on any atom is 0.329 e. The number of rotatable bonds is 7. The minimum Gasteiger partial charge on any atom is -0.460 e. The average molecular weight is 954 g/mol. The number of carbonyl (C=O) groups is 4. The largest absolute Gasteiger partial charge is 0.460 e. The fourth-order valence-electron chi connectivity index (χ4n) is 10.5. The summed E-state index contributed by atoms with van der Waals surface area (Å²) >= 11 is 0. The van der Waals surface area contributed by atoms with E-state index in [0.29, 0.717) is 63.4 Å². The van der Waals surface area contributed by atoms with Crippen LogP contribution in [0.5, 0.6) is 0 Å². The highest BCUT2D eigenvalue weighted by atomic mass is 16.6. The van der Waals surface area contributed by atoms with Gasteiger partial charge in [0, 0.05) is 63.4 Å². The van der Waals surface area contributed by atoms with Gasteiger partial charge < -0.3 is 44.0 Å². The number of hydrogen-bond acceptors (Lipinski definition) is 14. The van der Waals surface area contributed by atoms with Crippen molar-refractivity contribution >= 4 is 29.2 Å². The Morgan fingerprint density at radius 3 is 2.32 bits per heavy atom. The number of carbonyl (C=O) groups excluding carboxylic acids is 4. The molecule has 2 bridgehead atoms. The molecule has 15 atom stereocenters. The van der Waals surface area contributed by atoms with Gasteiger partial charge in [0.25, 0.3) is 11.7 Å². The molecule has 3 fully saturated rings. The van der Waals surface area contributed by atoms with Gasteiger partial charge in [-0.2, -0.15) is 0 Å². The van der Waals surface area contributed by atoms with E-state index in [1.54, 1.807) is 41.1 Å². The van der Waals surface area contributed by atoms with Crippen LogP contribution in [0.4, 0.5) is 0 Å². The van der Waals surface area contributed by atoms with Crippen LogP contribution in [0.3, 0.4) is 0 Å². The number of esters is 1. The second kappa shape index (κ2) is 26.7. The van der Waals surface area contributed by atoms with E-state index in [1.807, 2.05) is 58.1 Å². The lowest BCUT2D eigenvalue weighted by Crippen LogP contribution is -2.61. The summed E-state index contributed by atoms with van der Waals surface area (Å²) in [5.41, 5.74) is 10.7. The van der Waals surface area contributed by atoms with Gasteiger partial charge in [0.05, 0.1) is 30.1 Å². The maximum absolute atomic E-state index is 14.5. The van der Waals surface area contributed by atoms with Crippen molar-refractivity contribution in [2.75, 3.05) is 27.9 Å². The lowest BCUT2D eigenvalue weighted by molar-refractivity contribution is -0.265. The van der Waals surface area contributed by atoms with Crippen LogP contribution in [-0.4, -0.2) is 132 Å². The van der Waals surface area contributed by atoms with E-state index in [2.05, 4.69) is 15.2 Å². The zero-order valence-electron chi connectivity index (χ0n) is 42.0. The van der Waals surface area contributed by atoms with E-state index < -0.39 is 77.8 Å². The van der Waals surface area contributed by atoms with Crippen LogP contribution < -0.4 is 0 Å². The zero-order chi connectivity index (χ0) is 50.3. The van der Waals surface area contributed by atoms with Crippen molar-refractivity contribution in [1.29, 1.82) is 0 Å². The molecule has 0 spiro atoms. The first-order valence-electron chi connectivity index (χ1n) is 24.5. The zero-order valence-corrected chi connectivity index (χ0v) is 42.0. The van der Waals surface area contributed by atoms with Crippen LogP contribution in [0.2, 0.25) is 0 Å². The third-order valence-corrected chi connectivity index (χ3v) is 14.8. The molecule has 0 radical (unpaired) electrons. The molecule has 1 aliphatic carbocycles. The Hall–Kier alpha value is -4.22. The third-order valence-electron chi connectivity index (χ3n) is 14.8. The number of nitrogens with zero attached hydrogens (tertiary/aromatic N) is 5. The topological polar surface area (TPSA) is 239 Å². The second-order valence-electron chi connectivity index (χ2n) is 19.9. The Morgan fingerprint density at radius 2 is 1.66 bits per heavy atom. The maximum atomic E-state index is 14.5. The highest BCUT2D eigenvalue weighted by molar-refractivity contribution is 6.39. The number of fused-ring (bicyclic) bond motifs is 3. The predicted octanol–water partition coefficient (Wildman–Crippen LogP) is 7.76. The number of aliphatic hydroxyl groups is 2. The summed E-state index contributed by atoms with van der Waals surface area (Å²) in [6.07, 6.45) is 12.1. The molecule has 17 nitrogen and oxygen atoms in total. The second-order valence-corrected chi connectivity index (χ2v) is 19.9. The van der Waals surface area contributed by atoms with E-state index in [-0.39, 0.29) is 60.8 Å². The van der Waals surface area contributed by atoms with Gasteiger partial charge in [-0.1, -0.05) is 81.3 Å². The van der Waals surface area contributed by atoms with Gasteiger partial charge in [0.2, 0.25) is 5.79 Å². The first-order valence-corrected chi connectivity index (χ1v) is 24.5. The van der Waals surface area contributed by atoms with E-state index in [4.69, 9.17) is 29.2 Å². The van der Waals surface area contributed by atoms with Crippen LogP contribution in [0.15, 0.2) is 57.9 Å². The van der Waals surface area contributed by atoms with Crippen LogP contribution in [0.25, 0.3) is 10.4 Å². The van der Waals surface area contributed by atoms with Crippen molar-refractivity contribution in [2.24, 2.45) is 45.8 Å². The number of cyclic esters (lactones) is 1. The Balaban J connectivity index is 1.73. The highest BCUT2D eigenvalue weighted by Crippen LogP contribution is 2.38. The van der Waals surface area contributed by atoms with Gasteiger partial charge in [-0.3, -0.25) is 14.4 Å². The summed E-state index contributed by atoms with van der Waals surface area (Å²) in [6.45, 7) is 12.9. The Morgan fingerprint density at radius 1 is 0.926 bits per heavy atom. The lowest BCUT2D eigenvalue weighted by atomic mass is 9.77. The van der Waals surface area contributed by atoms with Gasteiger partial charge in [0.15, 0.2) is 5.78 Å². The van der Waals surface area contributed by atoms with E-state index >= 15 is 0 Å². The van der Waals surface area contributed by atoms with Crippen LogP contribution in [0, 0.1) is 35.5 Å². The molecular weight excluding hydrogens is 875 g/mol. The fraction of sp³-hybridized carbons (Fsp3) is 0.745. The first kappa shape index (κ1) is 56.4. The van der Waals surface area contributed by atoms with E-state index in [9.17, 15) is 34.6 Å². The number of methoxy groups -OCH3 is 3. The first-order chi connectivity index (χ1) is 32.3. The smallest absolute Gasteiger partial charge is 0.329 e. The monoisotopic (exact) mass is 954 g/mol. The average Bonchev–Trinajstić information content (AvgIpc) is 3.32. The number of Topliss-reactive ketones (excluding diaryl/α,β-unsaturated/α-hetero) is 2. The summed E-state index contributed by atoms with van der Waals surface area (Å²) in [5.74, 6) is -7.58. The minimum atomic E-state index is -2.44. The molecule has 0 aromatic rings. The number of aliphatic hydroxyl groups excluding tert-OH is 1. The lowest BCUT2D eigenvalue weighted by Gasteiger charge is -2.42. The number of oxime groups is 1. The molecule has 3 heterocycles. The molecule has 0 aromatic heterocycles. The molecule has 0 unspecified atom stereocenters. The van der Waals surface area contributed by atoms with Crippen molar-refractivity contribution in [1.82, 2.24) is 4.90 Å².